The molecule has 0 saturated heterocycles. The molecule has 2 N–H and O–H groups in total. The van der Waals surface area contributed by atoms with Crippen molar-refractivity contribution in [1.29, 1.82) is 0 Å². The standard InChI is InChI=1S/C23H31N3O3S/c1-15-7-8-16(2)17(11-15)18-13-30-22-20(18)21(27)24-19(25-22)12-26(9-6-10-29-5)14-23(3,4)28/h7-8,11,13,28H,6,9-10,12,14H2,1-5H3,(H,24,25,27). The van der Waals surface area contributed by atoms with E-state index in [-0.39, 0.29) is 5.56 Å². The summed E-state index contributed by atoms with van der Waals surface area (Å²) in [4.78, 5) is 23.6. The highest BCUT2D eigenvalue weighted by atomic mass is 32.1. The van der Waals surface area contributed by atoms with Gasteiger partial charge in [-0.2, -0.15) is 0 Å². The molecule has 162 valence electrons. The summed E-state index contributed by atoms with van der Waals surface area (Å²) in [6.45, 7) is 10.0. The van der Waals surface area contributed by atoms with Crippen LogP contribution in [0.25, 0.3) is 21.3 Å². The number of aromatic nitrogens is 2. The number of aryl methyl sites for hydroxylation is 2. The molecule has 30 heavy (non-hydrogen) atoms. The summed E-state index contributed by atoms with van der Waals surface area (Å²) in [6.07, 6.45) is 0.842. The summed E-state index contributed by atoms with van der Waals surface area (Å²) in [5.74, 6) is 0.614. The molecule has 0 atom stereocenters. The van der Waals surface area contributed by atoms with Gasteiger partial charge < -0.3 is 14.8 Å². The molecule has 2 heterocycles. The van der Waals surface area contributed by atoms with Crippen LogP contribution in [0.2, 0.25) is 0 Å². The van der Waals surface area contributed by atoms with Gasteiger partial charge >= 0.3 is 0 Å². The maximum absolute atomic E-state index is 13.0. The molecule has 0 aliphatic carbocycles. The second kappa shape index (κ2) is 9.39. The lowest BCUT2D eigenvalue weighted by atomic mass is 9.99. The third-order valence-corrected chi connectivity index (χ3v) is 5.86. The zero-order valence-corrected chi connectivity index (χ0v) is 19.2. The zero-order valence-electron chi connectivity index (χ0n) is 18.4. The van der Waals surface area contributed by atoms with E-state index < -0.39 is 5.60 Å². The molecule has 3 aromatic rings. The molecule has 0 spiro atoms. The number of hydrogen-bond donors (Lipinski definition) is 2. The molecule has 6 nitrogen and oxygen atoms in total. The monoisotopic (exact) mass is 429 g/mol. The molecular formula is C23H31N3O3S. The van der Waals surface area contributed by atoms with Crippen LogP contribution in [0.3, 0.4) is 0 Å². The second-order valence-corrected chi connectivity index (χ2v) is 9.39. The van der Waals surface area contributed by atoms with Crippen molar-refractivity contribution in [2.45, 2.75) is 46.3 Å². The fourth-order valence-corrected chi connectivity index (χ4v) is 4.66. The topological polar surface area (TPSA) is 78.5 Å². The van der Waals surface area contributed by atoms with Crippen LogP contribution in [0.5, 0.6) is 0 Å². The van der Waals surface area contributed by atoms with Crippen molar-refractivity contribution >= 4 is 21.6 Å². The Balaban J connectivity index is 1.93. The van der Waals surface area contributed by atoms with Gasteiger partial charge in [0.15, 0.2) is 0 Å². The number of ether oxygens (including phenoxy) is 1. The summed E-state index contributed by atoms with van der Waals surface area (Å²) < 4.78 is 5.15. The predicted molar refractivity (Wildman–Crippen MR) is 123 cm³/mol. The molecular weight excluding hydrogens is 398 g/mol. The van der Waals surface area contributed by atoms with Gasteiger partial charge in [-0.1, -0.05) is 23.8 Å². The van der Waals surface area contributed by atoms with Gasteiger partial charge in [0.25, 0.3) is 5.56 Å². The molecule has 0 aliphatic rings. The molecule has 3 rings (SSSR count). The van der Waals surface area contributed by atoms with Crippen molar-refractivity contribution in [2.75, 3.05) is 26.8 Å². The number of methoxy groups -OCH3 is 1. The van der Waals surface area contributed by atoms with E-state index in [1.54, 1.807) is 21.0 Å². The molecule has 0 aliphatic heterocycles. The molecule has 7 heteroatoms. The fourth-order valence-electron chi connectivity index (χ4n) is 3.70. The Hall–Kier alpha value is -2.06. The molecule has 2 aromatic heterocycles. The average Bonchev–Trinajstić information content (AvgIpc) is 3.07. The normalized spacial score (nSPS) is 12.2. The number of rotatable bonds is 9. The van der Waals surface area contributed by atoms with Crippen LogP contribution in [0.1, 0.15) is 37.2 Å². The summed E-state index contributed by atoms with van der Waals surface area (Å²) >= 11 is 1.49. The first-order valence-corrected chi connectivity index (χ1v) is 11.1. The van der Waals surface area contributed by atoms with Crippen molar-refractivity contribution in [3.05, 3.63) is 50.9 Å². The number of fused-ring (bicyclic) bond motifs is 1. The quantitative estimate of drug-likeness (QED) is 0.505. The van der Waals surface area contributed by atoms with Crippen LogP contribution in [0.4, 0.5) is 0 Å². The summed E-state index contributed by atoms with van der Waals surface area (Å²) in [7, 11) is 1.68. The van der Waals surface area contributed by atoms with Crippen LogP contribution < -0.4 is 5.56 Å². The van der Waals surface area contributed by atoms with E-state index in [9.17, 15) is 9.90 Å². The average molecular weight is 430 g/mol. The summed E-state index contributed by atoms with van der Waals surface area (Å²) in [5, 5.41) is 12.9. The Labute approximate surface area is 181 Å². The van der Waals surface area contributed by atoms with Gasteiger partial charge in [0, 0.05) is 37.7 Å². The zero-order chi connectivity index (χ0) is 21.9. The summed E-state index contributed by atoms with van der Waals surface area (Å²) in [5.41, 5.74) is 3.35. The van der Waals surface area contributed by atoms with Crippen molar-refractivity contribution in [2.24, 2.45) is 0 Å². The lowest BCUT2D eigenvalue weighted by Crippen LogP contribution is -2.39. The molecule has 0 bridgehead atoms. The first-order valence-electron chi connectivity index (χ1n) is 10.2. The molecule has 0 radical (unpaired) electrons. The van der Waals surface area contributed by atoms with Gasteiger partial charge in [-0.25, -0.2) is 4.98 Å². The molecule has 0 unspecified atom stereocenters. The van der Waals surface area contributed by atoms with E-state index in [1.165, 1.54) is 11.3 Å². The van der Waals surface area contributed by atoms with E-state index >= 15 is 0 Å². The van der Waals surface area contributed by atoms with E-state index in [2.05, 4.69) is 41.9 Å². The number of aliphatic hydroxyl groups is 1. The lowest BCUT2D eigenvalue weighted by molar-refractivity contribution is 0.0298. The number of H-pyrrole nitrogens is 1. The van der Waals surface area contributed by atoms with Crippen molar-refractivity contribution in [1.82, 2.24) is 14.9 Å². The number of nitrogens with zero attached hydrogens (tertiary/aromatic N) is 2. The maximum atomic E-state index is 13.0. The van der Waals surface area contributed by atoms with Gasteiger partial charge in [0.1, 0.15) is 10.7 Å². The van der Waals surface area contributed by atoms with Crippen LogP contribution in [0.15, 0.2) is 28.4 Å². The molecule has 1 aromatic carbocycles. The van der Waals surface area contributed by atoms with Crippen molar-refractivity contribution < 1.29 is 9.84 Å². The Morgan fingerprint density at radius 3 is 2.73 bits per heavy atom. The lowest BCUT2D eigenvalue weighted by Gasteiger charge is -2.28. The van der Waals surface area contributed by atoms with E-state index in [4.69, 9.17) is 9.72 Å². The molecule has 0 amide bonds. The second-order valence-electron chi connectivity index (χ2n) is 8.53. The van der Waals surface area contributed by atoms with Gasteiger partial charge in [0.2, 0.25) is 0 Å². The Bertz CT molecular complexity index is 1070. The largest absolute Gasteiger partial charge is 0.389 e. The smallest absolute Gasteiger partial charge is 0.260 e. The van der Waals surface area contributed by atoms with Crippen LogP contribution >= 0.6 is 11.3 Å². The minimum Gasteiger partial charge on any atom is -0.389 e. The number of thiophene rings is 1. The first kappa shape index (κ1) is 22.6. The predicted octanol–water partition coefficient (Wildman–Crippen LogP) is 3.88. The number of nitrogens with one attached hydrogen (secondary N) is 1. The van der Waals surface area contributed by atoms with E-state index in [0.717, 1.165) is 40.0 Å². The Morgan fingerprint density at radius 2 is 2.03 bits per heavy atom. The SMILES string of the molecule is COCCCN(Cc1nc2scc(-c3cc(C)ccc3C)c2c(=O)[nH]1)CC(C)(C)O. The Morgan fingerprint density at radius 1 is 1.27 bits per heavy atom. The first-order chi connectivity index (χ1) is 14.2. The number of benzene rings is 1. The maximum Gasteiger partial charge on any atom is 0.260 e. The molecule has 0 fully saturated rings. The van der Waals surface area contributed by atoms with Crippen molar-refractivity contribution in [3.8, 4) is 11.1 Å². The van der Waals surface area contributed by atoms with Crippen LogP contribution in [-0.2, 0) is 11.3 Å². The van der Waals surface area contributed by atoms with Gasteiger partial charge in [-0.3, -0.25) is 9.69 Å². The summed E-state index contributed by atoms with van der Waals surface area (Å²) in [6, 6.07) is 6.28. The molecule has 0 saturated carbocycles. The van der Waals surface area contributed by atoms with Crippen LogP contribution in [-0.4, -0.2) is 52.4 Å². The van der Waals surface area contributed by atoms with E-state index in [0.29, 0.717) is 30.9 Å². The van der Waals surface area contributed by atoms with Gasteiger partial charge in [0.05, 0.1) is 17.5 Å². The minimum absolute atomic E-state index is 0.118. The number of hydrogen-bond acceptors (Lipinski definition) is 6. The third kappa shape index (κ3) is 5.55. The third-order valence-electron chi connectivity index (χ3n) is 4.98. The highest BCUT2D eigenvalue weighted by molar-refractivity contribution is 7.17. The van der Waals surface area contributed by atoms with Gasteiger partial charge in [-0.05, 0) is 45.2 Å². The van der Waals surface area contributed by atoms with Gasteiger partial charge in [-0.15, -0.1) is 11.3 Å². The van der Waals surface area contributed by atoms with Crippen LogP contribution in [0, 0.1) is 13.8 Å². The van der Waals surface area contributed by atoms with E-state index in [1.807, 2.05) is 5.38 Å². The Kier molecular flexibility index (Phi) is 7.08. The fraction of sp³-hybridized carbons (Fsp3) is 0.478. The number of aromatic amines is 1. The van der Waals surface area contributed by atoms with Crippen molar-refractivity contribution in [3.63, 3.8) is 0 Å². The highest BCUT2D eigenvalue weighted by Crippen LogP contribution is 2.33. The highest BCUT2D eigenvalue weighted by Gasteiger charge is 2.20. The minimum atomic E-state index is -0.837.